The molecule has 0 unspecified atom stereocenters. The lowest BCUT2D eigenvalue weighted by molar-refractivity contribution is 1.34. The fourth-order valence-electron chi connectivity index (χ4n) is 4.06. The van der Waals surface area contributed by atoms with Gasteiger partial charge in [-0.25, -0.2) is 4.98 Å². The van der Waals surface area contributed by atoms with Crippen molar-refractivity contribution in [3.63, 3.8) is 0 Å². The van der Waals surface area contributed by atoms with Crippen LogP contribution in [0.3, 0.4) is 0 Å². The second kappa shape index (κ2) is 6.18. The molecule has 0 saturated heterocycles. The fraction of sp³-hybridized carbons (Fsp3) is 0. The van der Waals surface area contributed by atoms with Gasteiger partial charge in [0.25, 0.3) is 0 Å². The maximum absolute atomic E-state index is 5.07. The molecule has 0 saturated carbocycles. The van der Waals surface area contributed by atoms with E-state index in [1.165, 1.54) is 34.1 Å². The first-order valence-electron chi connectivity index (χ1n) is 8.96. The van der Waals surface area contributed by atoms with Crippen LogP contribution in [-0.4, -0.2) is 15.0 Å². The Morgan fingerprint density at radius 1 is 0.714 bits per heavy atom. The maximum atomic E-state index is 5.07. The molecule has 2 N–H and O–H groups in total. The quantitative estimate of drug-likeness (QED) is 0.155. The van der Waals surface area contributed by atoms with E-state index >= 15 is 0 Å². The minimum atomic E-state index is 0.902. The highest BCUT2D eigenvalue weighted by Gasteiger charge is 2.16. The standard InChI is InChI=1S/C23H13I2N3/c24-12-5-7-14-15-8-6-13(25)10-18(15)22-21(17(14)9-12)27-23(28-22)19-11-26-20-4-2-1-3-16(19)20/h1-11,26H,(H,27,28). The van der Waals surface area contributed by atoms with Crippen LogP contribution in [0.1, 0.15) is 0 Å². The highest BCUT2D eigenvalue weighted by Crippen LogP contribution is 2.37. The van der Waals surface area contributed by atoms with Crippen molar-refractivity contribution in [1.29, 1.82) is 0 Å². The largest absolute Gasteiger partial charge is 0.360 e. The molecule has 6 aromatic rings. The number of nitrogens with one attached hydrogen (secondary N) is 2. The van der Waals surface area contributed by atoms with E-state index in [0.717, 1.165) is 27.9 Å². The van der Waals surface area contributed by atoms with Crippen molar-refractivity contribution in [3.8, 4) is 11.4 Å². The SMILES string of the molecule is Ic1ccc2c3ccc(I)cc3c3[nH]c(-c4c[nH]c5ccccc45)nc3c2c1. The smallest absolute Gasteiger partial charge is 0.140 e. The van der Waals surface area contributed by atoms with E-state index in [1.807, 2.05) is 12.3 Å². The summed E-state index contributed by atoms with van der Waals surface area (Å²) in [6, 6.07) is 21.6. The Balaban J connectivity index is 1.79. The molecule has 134 valence electrons. The first-order valence-corrected chi connectivity index (χ1v) is 11.1. The number of para-hydroxylation sites is 1. The summed E-state index contributed by atoms with van der Waals surface area (Å²) in [5, 5.41) is 6.09. The second-order valence-electron chi connectivity index (χ2n) is 6.94. The summed E-state index contributed by atoms with van der Waals surface area (Å²) >= 11 is 4.75. The lowest BCUT2D eigenvalue weighted by Crippen LogP contribution is -1.84. The van der Waals surface area contributed by atoms with Gasteiger partial charge < -0.3 is 9.97 Å². The zero-order chi connectivity index (χ0) is 18.8. The summed E-state index contributed by atoms with van der Waals surface area (Å²) in [5.41, 5.74) is 4.35. The van der Waals surface area contributed by atoms with Gasteiger partial charge in [-0.1, -0.05) is 30.3 Å². The van der Waals surface area contributed by atoms with Crippen LogP contribution in [0.2, 0.25) is 0 Å². The Labute approximate surface area is 187 Å². The molecule has 0 amide bonds. The number of hydrogen-bond donors (Lipinski definition) is 2. The summed E-state index contributed by atoms with van der Waals surface area (Å²) < 4.78 is 2.44. The second-order valence-corrected chi connectivity index (χ2v) is 9.43. The molecule has 2 heterocycles. The number of halogens is 2. The van der Waals surface area contributed by atoms with E-state index in [-0.39, 0.29) is 0 Å². The summed E-state index contributed by atoms with van der Waals surface area (Å²) in [6.07, 6.45) is 2.04. The number of nitrogens with zero attached hydrogens (tertiary/aromatic N) is 1. The normalized spacial score (nSPS) is 11.9. The highest BCUT2D eigenvalue weighted by molar-refractivity contribution is 14.1. The molecule has 6 rings (SSSR count). The predicted octanol–water partition coefficient (Wildman–Crippen LogP) is 7.23. The van der Waals surface area contributed by atoms with Crippen LogP contribution in [-0.2, 0) is 0 Å². The van der Waals surface area contributed by atoms with Gasteiger partial charge >= 0.3 is 0 Å². The van der Waals surface area contributed by atoms with Crippen molar-refractivity contribution < 1.29 is 0 Å². The minimum Gasteiger partial charge on any atom is -0.360 e. The Morgan fingerprint density at radius 2 is 1.43 bits per heavy atom. The fourth-order valence-corrected chi connectivity index (χ4v) is 5.05. The summed E-state index contributed by atoms with van der Waals surface area (Å²) in [4.78, 5) is 12.1. The maximum Gasteiger partial charge on any atom is 0.140 e. The lowest BCUT2D eigenvalue weighted by Gasteiger charge is -2.07. The van der Waals surface area contributed by atoms with Gasteiger partial charge in [0.05, 0.1) is 11.0 Å². The number of H-pyrrole nitrogens is 2. The van der Waals surface area contributed by atoms with Crippen molar-refractivity contribution in [2.24, 2.45) is 0 Å². The minimum absolute atomic E-state index is 0.902. The molecule has 0 aliphatic carbocycles. The molecule has 0 bridgehead atoms. The van der Waals surface area contributed by atoms with Crippen LogP contribution in [0.5, 0.6) is 0 Å². The summed E-state index contributed by atoms with van der Waals surface area (Å²) in [7, 11) is 0. The molecule has 4 aromatic carbocycles. The molecule has 0 aliphatic rings. The van der Waals surface area contributed by atoms with Crippen LogP contribution in [0.25, 0.3) is 54.9 Å². The Morgan fingerprint density at radius 3 is 2.25 bits per heavy atom. The van der Waals surface area contributed by atoms with Crippen molar-refractivity contribution in [2.75, 3.05) is 0 Å². The first-order chi connectivity index (χ1) is 13.7. The Hall–Kier alpha value is -2.13. The van der Waals surface area contributed by atoms with Crippen LogP contribution >= 0.6 is 45.2 Å². The predicted molar refractivity (Wildman–Crippen MR) is 134 cm³/mol. The molecular formula is C23H13I2N3. The van der Waals surface area contributed by atoms with Crippen LogP contribution in [0.15, 0.2) is 66.9 Å². The van der Waals surface area contributed by atoms with Crippen molar-refractivity contribution in [3.05, 3.63) is 74.0 Å². The average Bonchev–Trinajstić information content (AvgIpc) is 3.32. The van der Waals surface area contributed by atoms with Gasteiger partial charge in [-0.3, -0.25) is 0 Å². The van der Waals surface area contributed by atoms with Crippen molar-refractivity contribution in [1.82, 2.24) is 15.0 Å². The van der Waals surface area contributed by atoms with Gasteiger partial charge in [0.15, 0.2) is 0 Å². The Bertz CT molecular complexity index is 1460. The van der Waals surface area contributed by atoms with E-state index in [9.17, 15) is 0 Å². The Kier molecular flexibility index (Phi) is 3.71. The van der Waals surface area contributed by atoms with Crippen molar-refractivity contribution in [2.45, 2.75) is 0 Å². The van der Waals surface area contributed by atoms with Crippen LogP contribution in [0.4, 0.5) is 0 Å². The molecule has 0 fully saturated rings. The van der Waals surface area contributed by atoms with Crippen LogP contribution in [0, 0.1) is 7.14 Å². The molecule has 5 heteroatoms. The summed E-state index contributed by atoms with van der Waals surface area (Å²) in [6.45, 7) is 0. The van der Waals surface area contributed by atoms with E-state index in [0.29, 0.717) is 0 Å². The van der Waals surface area contributed by atoms with E-state index in [2.05, 4.69) is 110 Å². The van der Waals surface area contributed by atoms with E-state index < -0.39 is 0 Å². The van der Waals surface area contributed by atoms with Crippen LogP contribution < -0.4 is 0 Å². The molecular weight excluding hydrogens is 572 g/mol. The van der Waals surface area contributed by atoms with Gasteiger partial charge in [0.2, 0.25) is 0 Å². The number of imidazole rings is 1. The number of benzene rings is 4. The van der Waals surface area contributed by atoms with E-state index in [4.69, 9.17) is 4.98 Å². The number of aromatic amines is 2. The van der Waals surface area contributed by atoms with Gasteiger partial charge in [-0.2, -0.15) is 0 Å². The molecule has 2 aromatic heterocycles. The number of rotatable bonds is 1. The molecule has 0 spiro atoms. The molecule has 3 nitrogen and oxygen atoms in total. The van der Waals surface area contributed by atoms with E-state index in [1.54, 1.807) is 0 Å². The number of hydrogen-bond acceptors (Lipinski definition) is 1. The number of aromatic nitrogens is 3. The van der Waals surface area contributed by atoms with Gasteiger partial charge in [0, 0.05) is 40.6 Å². The molecule has 28 heavy (non-hydrogen) atoms. The average molecular weight is 585 g/mol. The van der Waals surface area contributed by atoms with Crippen molar-refractivity contribution >= 4 is 88.7 Å². The topological polar surface area (TPSA) is 44.5 Å². The molecule has 0 aliphatic heterocycles. The summed E-state index contributed by atoms with van der Waals surface area (Å²) in [5.74, 6) is 0.902. The zero-order valence-electron chi connectivity index (χ0n) is 14.6. The molecule has 0 atom stereocenters. The first kappa shape index (κ1) is 16.8. The lowest BCUT2D eigenvalue weighted by atomic mass is 10.0. The third-order valence-corrected chi connectivity index (χ3v) is 6.67. The monoisotopic (exact) mass is 585 g/mol. The van der Waals surface area contributed by atoms with Gasteiger partial charge in [-0.15, -0.1) is 0 Å². The third kappa shape index (κ3) is 2.42. The van der Waals surface area contributed by atoms with Gasteiger partial charge in [0.1, 0.15) is 5.82 Å². The third-order valence-electron chi connectivity index (χ3n) is 5.33. The van der Waals surface area contributed by atoms with Gasteiger partial charge in [-0.05, 0) is 86.3 Å². The highest BCUT2D eigenvalue weighted by atomic mass is 127. The number of fused-ring (bicyclic) bond motifs is 7. The molecule has 0 radical (unpaired) electrons. The zero-order valence-corrected chi connectivity index (χ0v) is 18.9.